The van der Waals surface area contributed by atoms with E-state index < -0.39 is 0 Å². The van der Waals surface area contributed by atoms with Gasteiger partial charge in [-0.2, -0.15) is 0 Å². The smallest absolute Gasteiger partial charge is 0.409 e. The molecule has 6 heteroatoms. The number of hydrogen-bond donors (Lipinski definition) is 0. The molecule has 2 rings (SSSR count). The van der Waals surface area contributed by atoms with Crippen molar-refractivity contribution < 1.29 is 14.3 Å². The van der Waals surface area contributed by atoms with Gasteiger partial charge in [0.05, 0.1) is 12.4 Å². The quantitative estimate of drug-likeness (QED) is 0.829. The van der Waals surface area contributed by atoms with Gasteiger partial charge in [-0.1, -0.05) is 29.8 Å². The van der Waals surface area contributed by atoms with Gasteiger partial charge in [0.1, 0.15) is 0 Å². The molecule has 0 radical (unpaired) electrons. The van der Waals surface area contributed by atoms with Gasteiger partial charge in [-0.3, -0.25) is 4.79 Å². The Morgan fingerprint density at radius 1 is 1.17 bits per heavy atom. The molecule has 0 bridgehead atoms. The molecule has 0 aliphatic carbocycles. The van der Waals surface area contributed by atoms with E-state index in [9.17, 15) is 9.59 Å². The summed E-state index contributed by atoms with van der Waals surface area (Å²) in [5.41, 5.74) is 2.49. The van der Waals surface area contributed by atoms with Crippen LogP contribution in [-0.2, 0) is 15.3 Å². The van der Waals surface area contributed by atoms with Crippen LogP contribution in [0.1, 0.15) is 18.1 Å². The fourth-order valence-corrected chi connectivity index (χ4v) is 3.38. The number of nitrogens with zero attached hydrogens (tertiary/aromatic N) is 2. The largest absolute Gasteiger partial charge is 0.450 e. The maximum absolute atomic E-state index is 12.2. The van der Waals surface area contributed by atoms with Gasteiger partial charge in [0, 0.05) is 31.9 Å². The SMILES string of the molecule is CCOC(=O)N1CCN(C(=O)CSCc2cccc(C)c2)CC1. The lowest BCUT2D eigenvalue weighted by molar-refractivity contribution is -0.129. The van der Waals surface area contributed by atoms with Crippen molar-refractivity contribution in [3.63, 3.8) is 0 Å². The first-order chi connectivity index (χ1) is 11.1. The molecule has 0 unspecified atom stereocenters. The summed E-state index contributed by atoms with van der Waals surface area (Å²) >= 11 is 1.64. The average molecular weight is 336 g/mol. The summed E-state index contributed by atoms with van der Waals surface area (Å²) in [7, 11) is 0. The van der Waals surface area contributed by atoms with E-state index in [0.717, 1.165) is 5.75 Å². The van der Waals surface area contributed by atoms with Crippen LogP contribution >= 0.6 is 11.8 Å². The number of amides is 2. The minimum atomic E-state index is -0.284. The van der Waals surface area contributed by atoms with Crippen molar-refractivity contribution in [3.05, 3.63) is 35.4 Å². The molecule has 0 atom stereocenters. The number of carbonyl (C=O) groups is 2. The number of rotatable bonds is 5. The highest BCUT2D eigenvalue weighted by Gasteiger charge is 2.24. The lowest BCUT2D eigenvalue weighted by atomic mass is 10.2. The van der Waals surface area contributed by atoms with Gasteiger partial charge in [-0.05, 0) is 19.4 Å². The summed E-state index contributed by atoms with van der Waals surface area (Å²) in [6.07, 6.45) is -0.284. The summed E-state index contributed by atoms with van der Waals surface area (Å²) < 4.78 is 4.98. The number of hydrogen-bond acceptors (Lipinski definition) is 4. The van der Waals surface area contributed by atoms with Crippen molar-refractivity contribution in [3.8, 4) is 0 Å². The monoisotopic (exact) mass is 336 g/mol. The summed E-state index contributed by atoms with van der Waals surface area (Å²) in [6, 6.07) is 8.35. The molecular formula is C17H24N2O3S. The number of carbonyl (C=O) groups excluding carboxylic acids is 2. The molecular weight excluding hydrogens is 312 g/mol. The second-order valence-corrected chi connectivity index (χ2v) is 6.53. The Morgan fingerprint density at radius 2 is 1.87 bits per heavy atom. The normalized spacial score (nSPS) is 14.7. The van der Waals surface area contributed by atoms with Gasteiger partial charge in [-0.15, -0.1) is 11.8 Å². The number of thioether (sulfide) groups is 1. The van der Waals surface area contributed by atoms with Gasteiger partial charge in [0.25, 0.3) is 0 Å². The Bertz CT molecular complexity index is 542. The summed E-state index contributed by atoms with van der Waals surface area (Å²) in [5, 5.41) is 0. The Hall–Kier alpha value is -1.69. The molecule has 0 N–H and O–H groups in total. The molecule has 1 aliphatic heterocycles. The van der Waals surface area contributed by atoms with Crippen LogP contribution in [0, 0.1) is 6.92 Å². The Morgan fingerprint density at radius 3 is 2.52 bits per heavy atom. The predicted octanol–water partition coefficient (Wildman–Crippen LogP) is 2.53. The van der Waals surface area contributed by atoms with Gasteiger partial charge in [0.2, 0.25) is 5.91 Å². The average Bonchev–Trinajstić information content (AvgIpc) is 2.55. The third-order valence-electron chi connectivity index (χ3n) is 3.74. The first-order valence-corrected chi connectivity index (χ1v) is 9.08. The van der Waals surface area contributed by atoms with Gasteiger partial charge >= 0.3 is 6.09 Å². The summed E-state index contributed by atoms with van der Waals surface area (Å²) in [5.74, 6) is 1.47. The molecule has 126 valence electrons. The van der Waals surface area contributed by atoms with Gasteiger partial charge in [0.15, 0.2) is 0 Å². The zero-order valence-corrected chi connectivity index (χ0v) is 14.6. The van der Waals surface area contributed by atoms with Crippen LogP contribution in [-0.4, -0.2) is 60.3 Å². The van der Waals surface area contributed by atoms with Crippen molar-refractivity contribution in [1.29, 1.82) is 0 Å². The highest BCUT2D eigenvalue weighted by atomic mass is 32.2. The minimum Gasteiger partial charge on any atom is -0.450 e. The van der Waals surface area contributed by atoms with Gasteiger partial charge < -0.3 is 14.5 Å². The topological polar surface area (TPSA) is 49.9 Å². The molecule has 1 fully saturated rings. The Kier molecular flexibility index (Phi) is 6.77. The van der Waals surface area contributed by atoms with Crippen molar-refractivity contribution in [1.82, 2.24) is 9.80 Å². The minimum absolute atomic E-state index is 0.145. The van der Waals surface area contributed by atoms with Gasteiger partial charge in [-0.25, -0.2) is 4.79 Å². The fraction of sp³-hybridized carbons (Fsp3) is 0.529. The maximum Gasteiger partial charge on any atom is 0.409 e. The van der Waals surface area contributed by atoms with Crippen molar-refractivity contribution in [2.45, 2.75) is 19.6 Å². The highest BCUT2D eigenvalue weighted by molar-refractivity contribution is 7.99. The number of piperazine rings is 1. The van der Waals surface area contributed by atoms with E-state index in [4.69, 9.17) is 4.74 Å². The van der Waals surface area contributed by atoms with Crippen LogP contribution in [0.5, 0.6) is 0 Å². The van der Waals surface area contributed by atoms with Crippen LogP contribution in [0.2, 0.25) is 0 Å². The van der Waals surface area contributed by atoms with E-state index in [2.05, 4.69) is 25.1 Å². The van der Waals surface area contributed by atoms with E-state index in [1.165, 1.54) is 11.1 Å². The second-order valence-electron chi connectivity index (χ2n) is 5.55. The number of ether oxygens (including phenoxy) is 1. The van der Waals surface area contributed by atoms with Crippen molar-refractivity contribution in [2.24, 2.45) is 0 Å². The standard InChI is InChI=1S/C17H24N2O3S/c1-3-22-17(21)19-9-7-18(8-10-19)16(20)13-23-12-15-6-4-5-14(2)11-15/h4-6,11H,3,7-10,12-13H2,1-2H3. The zero-order valence-electron chi connectivity index (χ0n) is 13.8. The molecule has 2 amide bonds. The summed E-state index contributed by atoms with van der Waals surface area (Å²) in [6.45, 7) is 6.52. The van der Waals surface area contributed by atoms with Crippen LogP contribution in [0.15, 0.2) is 24.3 Å². The predicted molar refractivity (Wildman–Crippen MR) is 92.5 cm³/mol. The molecule has 5 nitrogen and oxygen atoms in total. The molecule has 1 aromatic carbocycles. The van der Waals surface area contributed by atoms with E-state index in [0.29, 0.717) is 38.5 Å². The van der Waals surface area contributed by atoms with E-state index >= 15 is 0 Å². The Balaban J connectivity index is 1.70. The molecule has 0 aromatic heterocycles. The first-order valence-electron chi connectivity index (χ1n) is 7.93. The maximum atomic E-state index is 12.2. The molecule has 23 heavy (non-hydrogen) atoms. The third-order valence-corrected chi connectivity index (χ3v) is 4.72. The van der Waals surface area contributed by atoms with Crippen LogP contribution in [0.25, 0.3) is 0 Å². The second kappa shape index (κ2) is 8.82. The summed E-state index contributed by atoms with van der Waals surface area (Å²) in [4.78, 5) is 27.3. The third kappa shape index (κ3) is 5.46. The van der Waals surface area contributed by atoms with E-state index in [1.54, 1.807) is 23.6 Å². The Labute approximate surface area is 142 Å². The fourth-order valence-electron chi connectivity index (χ4n) is 2.50. The lowest BCUT2D eigenvalue weighted by Crippen LogP contribution is -2.51. The molecule has 1 aliphatic rings. The molecule has 1 heterocycles. The van der Waals surface area contributed by atoms with Crippen LogP contribution in [0.3, 0.4) is 0 Å². The molecule has 0 spiro atoms. The zero-order chi connectivity index (χ0) is 16.7. The van der Waals surface area contributed by atoms with Crippen LogP contribution < -0.4 is 0 Å². The van der Waals surface area contributed by atoms with E-state index in [-0.39, 0.29) is 12.0 Å². The number of benzene rings is 1. The molecule has 0 saturated carbocycles. The highest BCUT2D eigenvalue weighted by Crippen LogP contribution is 2.15. The van der Waals surface area contributed by atoms with Crippen molar-refractivity contribution in [2.75, 3.05) is 38.5 Å². The lowest BCUT2D eigenvalue weighted by Gasteiger charge is -2.34. The van der Waals surface area contributed by atoms with Crippen molar-refractivity contribution >= 4 is 23.8 Å². The number of aryl methyl sites for hydroxylation is 1. The van der Waals surface area contributed by atoms with Crippen LogP contribution in [0.4, 0.5) is 4.79 Å². The molecule has 1 aromatic rings. The first kappa shape index (κ1) is 17.7. The molecule has 1 saturated heterocycles. The van der Waals surface area contributed by atoms with E-state index in [1.807, 2.05) is 11.0 Å².